The monoisotopic (exact) mass is 246 g/mol. The first kappa shape index (κ1) is 11.8. The predicted octanol–water partition coefficient (Wildman–Crippen LogP) is 4.15. The summed E-state index contributed by atoms with van der Waals surface area (Å²) < 4.78 is 66.5. The van der Waals surface area contributed by atoms with Crippen molar-refractivity contribution in [1.82, 2.24) is 0 Å². The molecule has 0 aliphatic carbocycles. The first-order valence-corrected chi connectivity index (χ1v) is 4.77. The zero-order chi connectivity index (χ0) is 12.9. The van der Waals surface area contributed by atoms with Crippen molar-refractivity contribution in [2.45, 2.75) is 13.8 Å². The Morgan fingerprint density at radius 2 is 1.24 bits per heavy atom. The fourth-order valence-corrected chi connectivity index (χ4v) is 1.75. The number of aryl methyl sites for hydroxylation is 2. The van der Waals surface area contributed by atoms with Crippen LogP contribution >= 0.6 is 0 Å². The van der Waals surface area contributed by atoms with E-state index in [1.54, 1.807) is 0 Å². The van der Waals surface area contributed by atoms with Crippen LogP contribution in [0.1, 0.15) is 11.1 Å². The maximum atomic E-state index is 13.5. The molecular formula is C12H7F5. The average molecular weight is 246 g/mol. The Morgan fingerprint density at radius 3 is 1.82 bits per heavy atom. The van der Waals surface area contributed by atoms with Gasteiger partial charge in [-0.3, -0.25) is 0 Å². The van der Waals surface area contributed by atoms with Crippen molar-refractivity contribution in [3.05, 3.63) is 46.3 Å². The summed E-state index contributed by atoms with van der Waals surface area (Å²) >= 11 is 0. The predicted molar refractivity (Wildman–Crippen MR) is 53.2 cm³/mol. The number of rotatable bonds is 0. The molecule has 0 aliphatic heterocycles. The third-order valence-electron chi connectivity index (χ3n) is 2.73. The highest BCUT2D eigenvalue weighted by atomic mass is 19.2. The molecule has 0 radical (unpaired) electrons. The van der Waals surface area contributed by atoms with E-state index < -0.39 is 34.5 Å². The van der Waals surface area contributed by atoms with Gasteiger partial charge in [-0.2, -0.15) is 0 Å². The third-order valence-corrected chi connectivity index (χ3v) is 2.73. The number of benzene rings is 2. The van der Waals surface area contributed by atoms with Gasteiger partial charge in [-0.1, -0.05) is 0 Å². The zero-order valence-electron chi connectivity index (χ0n) is 8.97. The summed E-state index contributed by atoms with van der Waals surface area (Å²) in [6, 6.07) is 1.09. The van der Waals surface area contributed by atoms with Crippen molar-refractivity contribution in [2.24, 2.45) is 0 Å². The zero-order valence-corrected chi connectivity index (χ0v) is 8.97. The van der Waals surface area contributed by atoms with Crippen molar-refractivity contribution in [2.75, 3.05) is 0 Å². The van der Waals surface area contributed by atoms with Crippen LogP contribution in [0.2, 0.25) is 0 Å². The largest absolute Gasteiger partial charge is 0.203 e. The lowest BCUT2D eigenvalue weighted by molar-refractivity contribution is 0.444. The smallest absolute Gasteiger partial charge is 0.195 e. The van der Waals surface area contributed by atoms with E-state index in [2.05, 4.69) is 0 Å². The first-order valence-electron chi connectivity index (χ1n) is 4.77. The summed E-state index contributed by atoms with van der Waals surface area (Å²) in [6.07, 6.45) is 0. The van der Waals surface area contributed by atoms with Crippen LogP contribution in [0.4, 0.5) is 22.0 Å². The quantitative estimate of drug-likeness (QED) is 0.484. The molecule has 2 aromatic carbocycles. The van der Waals surface area contributed by atoms with Crippen LogP contribution in [-0.2, 0) is 0 Å². The third kappa shape index (κ3) is 1.49. The normalized spacial score (nSPS) is 11.2. The molecule has 2 aromatic rings. The highest BCUT2D eigenvalue weighted by Gasteiger charge is 2.23. The van der Waals surface area contributed by atoms with Crippen molar-refractivity contribution in [3.63, 3.8) is 0 Å². The van der Waals surface area contributed by atoms with Crippen LogP contribution < -0.4 is 0 Å². The Hall–Kier alpha value is -1.65. The molecule has 2 rings (SSSR count). The van der Waals surface area contributed by atoms with Crippen LogP contribution in [0.15, 0.2) is 6.07 Å². The van der Waals surface area contributed by atoms with E-state index in [4.69, 9.17) is 0 Å². The minimum absolute atomic E-state index is 0.0940. The first-order chi connectivity index (χ1) is 7.86. The van der Waals surface area contributed by atoms with E-state index in [0.29, 0.717) is 0 Å². The standard InChI is InChI=1S/C12H7F5/c1-4-3-6-5(2)9(14)12(17)11(16)7(6)10(15)8(4)13/h3H,1-2H3. The summed E-state index contributed by atoms with van der Waals surface area (Å²) in [4.78, 5) is 0. The molecule has 0 N–H and O–H groups in total. The van der Waals surface area contributed by atoms with E-state index in [-0.39, 0.29) is 16.5 Å². The van der Waals surface area contributed by atoms with Crippen LogP contribution in [0.3, 0.4) is 0 Å². The summed E-state index contributed by atoms with van der Waals surface area (Å²) in [6.45, 7) is 2.44. The van der Waals surface area contributed by atoms with Crippen molar-refractivity contribution < 1.29 is 22.0 Å². The van der Waals surface area contributed by atoms with E-state index in [0.717, 1.165) is 6.07 Å². The van der Waals surface area contributed by atoms with Crippen LogP contribution in [0, 0.1) is 42.9 Å². The minimum atomic E-state index is -1.79. The molecule has 0 atom stereocenters. The van der Waals surface area contributed by atoms with Gasteiger partial charge >= 0.3 is 0 Å². The molecule has 0 fully saturated rings. The lowest BCUT2D eigenvalue weighted by atomic mass is 10.0. The molecule has 0 heterocycles. The van der Waals surface area contributed by atoms with Gasteiger partial charge in [-0.05, 0) is 36.4 Å². The van der Waals surface area contributed by atoms with E-state index >= 15 is 0 Å². The van der Waals surface area contributed by atoms with E-state index in [1.165, 1.54) is 13.8 Å². The molecule has 0 aromatic heterocycles. The average Bonchev–Trinajstić information content (AvgIpc) is 2.30. The Bertz CT molecular complexity index is 623. The summed E-state index contributed by atoms with van der Waals surface area (Å²) in [7, 11) is 0. The highest BCUT2D eigenvalue weighted by Crippen LogP contribution is 2.31. The fourth-order valence-electron chi connectivity index (χ4n) is 1.75. The van der Waals surface area contributed by atoms with Gasteiger partial charge in [0.05, 0.1) is 5.39 Å². The molecule has 0 bridgehead atoms. The van der Waals surface area contributed by atoms with Gasteiger partial charge in [0.2, 0.25) is 0 Å². The molecule has 5 heteroatoms. The number of hydrogen-bond donors (Lipinski definition) is 0. The summed E-state index contributed by atoms with van der Waals surface area (Å²) in [5.41, 5.74) is -0.343. The molecule has 0 aliphatic rings. The second kappa shape index (κ2) is 3.68. The van der Waals surface area contributed by atoms with Gasteiger partial charge in [-0.25, -0.2) is 22.0 Å². The van der Waals surface area contributed by atoms with Crippen molar-refractivity contribution in [1.29, 1.82) is 0 Å². The highest BCUT2D eigenvalue weighted by molar-refractivity contribution is 5.87. The van der Waals surface area contributed by atoms with Gasteiger partial charge in [0.1, 0.15) is 0 Å². The van der Waals surface area contributed by atoms with Crippen LogP contribution in [-0.4, -0.2) is 0 Å². The number of halogens is 5. The van der Waals surface area contributed by atoms with Gasteiger partial charge in [0.15, 0.2) is 29.1 Å². The Kier molecular flexibility index (Phi) is 2.56. The van der Waals surface area contributed by atoms with E-state index in [1.807, 2.05) is 0 Å². The second-order valence-electron chi connectivity index (χ2n) is 3.81. The molecule has 0 nitrogen and oxygen atoms in total. The Balaban J connectivity index is 3.12. The van der Waals surface area contributed by atoms with Crippen molar-refractivity contribution in [3.8, 4) is 0 Å². The summed E-state index contributed by atoms with van der Waals surface area (Å²) in [5.74, 6) is -7.65. The van der Waals surface area contributed by atoms with Crippen LogP contribution in [0.5, 0.6) is 0 Å². The molecule has 0 unspecified atom stereocenters. The summed E-state index contributed by atoms with van der Waals surface area (Å²) in [5, 5.41) is -1.03. The Morgan fingerprint density at radius 1 is 0.706 bits per heavy atom. The molecule has 0 spiro atoms. The molecule has 90 valence electrons. The fraction of sp³-hybridized carbons (Fsp3) is 0.167. The molecule has 0 saturated heterocycles. The van der Waals surface area contributed by atoms with E-state index in [9.17, 15) is 22.0 Å². The number of fused-ring (bicyclic) bond motifs is 1. The minimum Gasteiger partial charge on any atom is -0.203 e. The molecule has 0 amide bonds. The van der Waals surface area contributed by atoms with Gasteiger partial charge in [-0.15, -0.1) is 0 Å². The van der Waals surface area contributed by atoms with Crippen molar-refractivity contribution >= 4 is 10.8 Å². The lowest BCUT2D eigenvalue weighted by Crippen LogP contribution is -2.01. The maximum absolute atomic E-state index is 13.5. The second-order valence-corrected chi connectivity index (χ2v) is 3.81. The SMILES string of the molecule is Cc1cc2c(C)c(F)c(F)c(F)c2c(F)c1F. The molecule has 0 saturated carbocycles. The van der Waals surface area contributed by atoms with Gasteiger partial charge < -0.3 is 0 Å². The topological polar surface area (TPSA) is 0 Å². The lowest BCUT2D eigenvalue weighted by Gasteiger charge is -2.10. The molecule has 17 heavy (non-hydrogen) atoms. The molecular weight excluding hydrogens is 239 g/mol. The van der Waals surface area contributed by atoms with Gasteiger partial charge in [0.25, 0.3) is 0 Å². The number of hydrogen-bond acceptors (Lipinski definition) is 0. The van der Waals surface area contributed by atoms with Crippen LogP contribution in [0.25, 0.3) is 10.8 Å². The maximum Gasteiger partial charge on any atom is 0.195 e. The van der Waals surface area contributed by atoms with Gasteiger partial charge in [0, 0.05) is 0 Å². The Labute approximate surface area is 93.7 Å².